The first-order valence-corrected chi connectivity index (χ1v) is 12.6. The van der Waals surface area contributed by atoms with Crippen molar-refractivity contribution in [1.82, 2.24) is 10.6 Å². The van der Waals surface area contributed by atoms with Crippen molar-refractivity contribution in [3.63, 3.8) is 0 Å². The quantitative estimate of drug-likeness (QED) is 0.290. The summed E-state index contributed by atoms with van der Waals surface area (Å²) >= 11 is 0. The second kappa shape index (κ2) is 12.2. The van der Waals surface area contributed by atoms with Crippen molar-refractivity contribution in [2.75, 3.05) is 13.2 Å². The van der Waals surface area contributed by atoms with Crippen LogP contribution in [0, 0.1) is 5.92 Å². The molecule has 2 N–H and O–H groups in total. The van der Waals surface area contributed by atoms with E-state index < -0.39 is 30.1 Å². The number of nitrogens with one attached hydrogen (secondary N) is 2. The molecule has 1 aliphatic carbocycles. The number of rotatable bonds is 10. The summed E-state index contributed by atoms with van der Waals surface area (Å²) < 4.78 is 10.8. The molecule has 0 bridgehead atoms. The Balaban J connectivity index is 1.48. The zero-order valence-corrected chi connectivity index (χ0v) is 21.6. The van der Waals surface area contributed by atoms with Crippen molar-refractivity contribution in [3.05, 3.63) is 108 Å². The van der Waals surface area contributed by atoms with E-state index in [0.29, 0.717) is 5.56 Å². The van der Waals surface area contributed by atoms with E-state index in [9.17, 15) is 14.4 Å². The highest BCUT2D eigenvalue weighted by atomic mass is 16.5. The highest BCUT2D eigenvalue weighted by Gasteiger charge is 2.32. The van der Waals surface area contributed by atoms with Gasteiger partial charge in [-0.1, -0.05) is 105 Å². The third kappa shape index (κ3) is 5.94. The lowest BCUT2D eigenvalue weighted by atomic mass is 9.98. The Morgan fingerprint density at radius 2 is 1.42 bits per heavy atom. The second-order valence-electron chi connectivity index (χ2n) is 9.46. The van der Waals surface area contributed by atoms with Crippen LogP contribution in [0.1, 0.15) is 42.5 Å². The fourth-order valence-corrected chi connectivity index (χ4v) is 4.67. The topological polar surface area (TPSA) is 93.7 Å². The van der Waals surface area contributed by atoms with Gasteiger partial charge in [0.05, 0.1) is 0 Å². The summed E-state index contributed by atoms with van der Waals surface area (Å²) in [5, 5.41) is 5.42. The number of carbonyl (C=O) groups is 3. The van der Waals surface area contributed by atoms with Crippen LogP contribution >= 0.6 is 0 Å². The van der Waals surface area contributed by atoms with E-state index in [4.69, 9.17) is 9.47 Å². The normalized spacial score (nSPS) is 13.6. The van der Waals surface area contributed by atoms with Gasteiger partial charge >= 0.3 is 12.1 Å². The molecule has 0 saturated heterocycles. The van der Waals surface area contributed by atoms with Gasteiger partial charge in [0.2, 0.25) is 5.91 Å². The maximum atomic E-state index is 13.4. The lowest BCUT2D eigenvalue weighted by Gasteiger charge is -2.25. The first-order chi connectivity index (χ1) is 18.4. The molecule has 38 heavy (non-hydrogen) atoms. The van der Waals surface area contributed by atoms with Crippen LogP contribution in [0.4, 0.5) is 4.79 Å². The first kappa shape index (κ1) is 26.7. The van der Waals surface area contributed by atoms with E-state index in [2.05, 4.69) is 29.3 Å². The molecule has 4 rings (SSSR count). The van der Waals surface area contributed by atoms with Crippen LogP contribution in [0.3, 0.4) is 0 Å². The predicted molar refractivity (Wildman–Crippen MR) is 145 cm³/mol. The van der Waals surface area contributed by atoms with Gasteiger partial charge in [-0.2, -0.15) is 0 Å². The highest BCUT2D eigenvalue weighted by molar-refractivity contribution is 5.90. The molecule has 7 heteroatoms. The molecule has 2 amide bonds. The fourth-order valence-electron chi connectivity index (χ4n) is 4.67. The number of alkyl carbamates (subject to hydrolysis) is 1. The summed E-state index contributed by atoms with van der Waals surface area (Å²) in [5.74, 6) is -1.45. The van der Waals surface area contributed by atoms with Crippen molar-refractivity contribution in [1.29, 1.82) is 0 Å². The van der Waals surface area contributed by atoms with Gasteiger partial charge in [0.15, 0.2) is 0 Å². The van der Waals surface area contributed by atoms with Gasteiger partial charge in [0.25, 0.3) is 0 Å². The summed E-state index contributed by atoms with van der Waals surface area (Å²) in [5.41, 5.74) is 5.00. The highest BCUT2D eigenvalue weighted by Crippen LogP contribution is 2.44. The SMILES string of the molecule is C=CCOC(=O)C(NC(=O)[C@@H](NC(=O)OCC1c2ccccc2-c2ccccc21)c1ccccc1)C(C)C. The summed E-state index contributed by atoms with van der Waals surface area (Å²) in [4.78, 5) is 38.9. The van der Waals surface area contributed by atoms with Crippen LogP contribution in [0.5, 0.6) is 0 Å². The van der Waals surface area contributed by atoms with E-state index in [1.54, 1.807) is 38.1 Å². The smallest absolute Gasteiger partial charge is 0.408 e. The standard InChI is InChI=1S/C31H32N2O5/c1-4-18-37-30(35)27(20(2)3)32-29(34)28(21-12-6-5-7-13-21)33-31(36)38-19-26-24-16-10-8-14-22(24)23-15-9-11-17-25(23)26/h4-17,20,26-28H,1,18-19H2,2-3H3,(H,32,34)(H,33,36)/t27?,28-/m0/s1. The summed E-state index contributed by atoms with van der Waals surface area (Å²) in [6.45, 7) is 7.30. The lowest BCUT2D eigenvalue weighted by molar-refractivity contribution is -0.148. The van der Waals surface area contributed by atoms with E-state index in [-0.39, 0.29) is 25.0 Å². The molecule has 1 unspecified atom stereocenters. The largest absolute Gasteiger partial charge is 0.460 e. The van der Waals surface area contributed by atoms with Gasteiger partial charge < -0.3 is 20.1 Å². The van der Waals surface area contributed by atoms with Crippen LogP contribution in [0.25, 0.3) is 11.1 Å². The number of fused-ring (bicyclic) bond motifs is 3. The Morgan fingerprint density at radius 1 is 0.842 bits per heavy atom. The number of hydrogen-bond acceptors (Lipinski definition) is 5. The van der Waals surface area contributed by atoms with Gasteiger partial charge in [-0.15, -0.1) is 0 Å². The molecule has 0 aliphatic heterocycles. The Bertz CT molecular complexity index is 1260. The van der Waals surface area contributed by atoms with Crippen molar-refractivity contribution < 1.29 is 23.9 Å². The molecule has 7 nitrogen and oxygen atoms in total. The van der Waals surface area contributed by atoms with Gasteiger partial charge in [-0.3, -0.25) is 4.79 Å². The maximum absolute atomic E-state index is 13.4. The zero-order valence-electron chi connectivity index (χ0n) is 21.6. The third-order valence-corrected chi connectivity index (χ3v) is 6.56. The predicted octanol–water partition coefficient (Wildman–Crippen LogP) is 5.14. The Kier molecular flexibility index (Phi) is 8.58. The van der Waals surface area contributed by atoms with Gasteiger partial charge in [0.1, 0.15) is 25.3 Å². The molecule has 0 radical (unpaired) electrons. The summed E-state index contributed by atoms with van der Waals surface area (Å²) in [7, 11) is 0. The number of hydrogen-bond donors (Lipinski definition) is 2. The van der Waals surface area contributed by atoms with Crippen molar-refractivity contribution in [3.8, 4) is 11.1 Å². The van der Waals surface area contributed by atoms with E-state index in [0.717, 1.165) is 22.3 Å². The minimum Gasteiger partial charge on any atom is -0.460 e. The summed E-state index contributed by atoms with van der Waals surface area (Å²) in [6.07, 6.45) is 0.731. The summed E-state index contributed by atoms with van der Waals surface area (Å²) in [6, 6.07) is 23.0. The molecular formula is C31H32N2O5. The number of benzene rings is 3. The number of carbonyl (C=O) groups excluding carboxylic acids is 3. The molecular weight excluding hydrogens is 480 g/mol. The average molecular weight is 513 g/mol. The van der Waals surface area contributed by atoms with Crippen LogP contribution in [-0.4, -0.2) is 37.2 Å². The van der Waals surface area contributed by atoms with Crippen molar-refractivity contribution in [2.45, 2.75) is 31.8 Å². The van der Waals surface area contributed by atoms with E-state index >= 15 is 0 Å². The first-order valence-electron chi connectivity index (χ1n) is 12.6. The van der Waals surface area contributed by atoms with Gasteiger partial charge in [0, 0.05) is 5.92 Å². The third-order valence-electron chi connectivity index (χ3n) is 6.56. The van der Waals surface area contributed by atoms with Gasteiger partial charge in [-0.05, 0) is 33.7 Å². The minimum atomic E-state index is -1.07. The number of amides is 2. The van der Waals surface area contributed by atoms with E-state index in [1.165, 1.54) is 6.08 Å². The Labute approximate surface area is 222 Å². The molecule has 0 fully saturated rings. The molecule has 1 aliphatic rings. The van der Waals surface area contributed by atoms with Crippen molar-refractivity contribution >= 4 is 18.0 Å². The van der Waals surface area contributed by atoms with Crippen LogP contribution < -0.4 is 10.6 Å². The van der Waals surface area contributed by atoms with Crippen LogP contribution in [-0.2, 0) is 19.1 Å². The molecule has 2 atom stereocenters. The second-order valence-corrected chi connectivity index (χ2v) is 9.46. The molecule has 3 aromatic carbocycles. The van der Waals surface area contributed by atoms with Crippen molar-refractivity contribution in [2.24, 2.45) is 5.92 Å². The fraction of sp³-hybridized carbons (Fsp3) is 0.258. The molecule has 3 aromatic rings. The monoisotopic (exact) mass is 512 g/mol. The Morgan fingerprint density at radius 3 is 2.00 bits per heavy atom. The van der Waals surface area contributed by atoms with Crippen LogP contribution in [0.2, 0.25) is 0 Å². The molecule has 0 spiro atoms. The zero-order chi connectivity index (χ0) is 27.1. The van der Waals surface area contributed by atoms with Gasteiger partial charge in [-0.25, -0.2) is 9.59 Å². The molecule has 196 valence electrons. The Hall–Kier alpha value is -4.39. The molecule has 0 heterocycles. The maximum Gasteiger partial charge on any atom is 0.408 e. The minimum absolute atomic E-state index is 0.0397. The number of ether oxygens (including phenoxy) is 2. The van der Waals surface area contributed by atoms with E-state index in [1.807, 2.05) is 42.5 Å². The average Bonchev–Trinajstić information content (AvgIpc) is 3.26. The van der Waals surface area contributed by atoms with Crippen LogP contribution in [0.15, 0.2) is 91.5 Å². The molecule has 0 saturated carbocycles. The molecule has 0 aromatic heterocycles. The number of esters is 1. The lowest BCUT2D eigenvalue weighted by Crippen LogP contribution is -2.50.